The lowest BCUT2D eigenvalue weighted by Crippen LogP contribution is -1.99. The summed E-state index contributed by atoms with van der Waals surface area (Å²) in [5.41, 5.74) is 4.69. The highest BCUT2D eigenvalue weighted by atomic mass is 16.5. The summed E-state index contributed by atoms with van der Waals surface area (Å²) in [4.78, 5) is 4.76. The van der Waals surface area contributed by atoms with Crippen LogP contribution in [0.2, 0.25) is 0 Å². The van der Waals surface area contributed by atoms with Crippen molar-refractivity contribution in [1.82, 2.24) is 19.7 Å². The van der Waals surface area contributed by atoms with Gasteiger partial charge in [-0.2, -0.15) is 5.10 Å². The van der Waals surface area contributed by atoms with Crippen molar-refractivity contribution in [3.05, 3.63) is 60.3 Å². The minimum Gasteiger partial charge on any atom is -0.497 e. The predicted octanol–water partition coefficient (Wildman–Crippen LogP) is 2.96. The summed E-state index contributed by atoms with van der Waals surface area (Å²) in [6, 6.07) is 15.9. The topological polar surface area (TPSA) is 76.0 Å². The molecule has 0 saturated carbocycles. The van der Waals surface area contributed by atoms with Crippen molar-refractivity contribution in [2.75, 3.05) is 13.7 Å². The maximum absolute atomic E-state index is 9.09. The number of imidazole rings is 1. The molecular formula is C19H18N4O2. The van der Waals surface area contributed by atoms with Crippen molar-refractivity contribution in [3.63, 3.8) is 0 Å². The third-order valence-corrected chi connectivity index (χ3v) is 4.19. The van der Waals surface area contributed by atoms with Crippen molar-refractivity contribution in [2.45, 2.75) is 6.42 Å². The number of hydrogen-bond donors (Lipinski definition) is 2. The summed E-state index contributed by atoms with van der Waals surface area (Å²) in [7, 11) is 1.65. The molecule has 2 N–H and O–H groups in total. The first kappa shape index (κ1) is 15.4. The van der Waals surface area contributed by atoms with Gasteiger partial charge in [0.1, 0.15) is 11.4 Å². The SMILES string of the molecule is COc1ccc2c(c1)nc(-c1cc[nH]n1)n2-c1ccc(CCO)cc1. The number of ether oxygens (including phenoxy) is 1. The van der Waals surface area contributed by atoms with Crippen molar-refractivity contribution >= 4 is 11.0 Å². The Kier molecular flexibility index (Phi) is 3.95. The summed E-state index contributed by atoms with van der Waals surface area (Å²) >= 11 is 0. The smallest absolute Gasteiger partial charge is 0.166 e. The monoisotopic (exact) mass is 334 g/mol. The van der Waals surface area contributed by atoms with Crippen LogP contribution >= 0.6 is 0 Å². The van der Waals surface area contributed by atoms with Gasteiger partial charge in [0.15, 0.2) is 5.82 Å². The average Bonchev–Trinajstić information content (AvgIpc) is 3.29. The van der Waals surface area contributed by atoms with E-state index in [4.69, 9.17) is 14.8 Å². The third-order valence-electron chi connectivity index (χ3n) is 4.19. The Bertz CT molecular complexity index is 988. The summed E-state index contributed by atoms with van der Waals surface area (Å²) < 4.78 is 7.39. The van der Waals surface area contributed by atoms with E-state index in [2.05, 4.69) is 14.8 Å². The first-order valence-electron chi connectivity index (χ1n) is 8.07. The van der Waals surface area contributed by atoms with Crippen LogP contribution in [-0.4, -0.2) is 38.6 Å². The summed E-state index contributed by atoms with van der Waals surface area (Å²) in [6.45, 7) is 0.145. The molecule has 0 aliphatic heterocycles. The molecule has 0 amide bonds. The molecule has 0 saturated heterocycles. The number of benzene rings is 2. The fourth-order valence-electron chi connectivity index (χ4n) is 2.95. The molecule has 2 aromatic carbocycles. The maximum Gasteiger partial charge on any atom is 0.166 e. The van der Waals surface area contributed by atoms with Gasteiger partial charge in [-0.05, 0) is 42.3 Å². The Hall–Kier alpha value is -3.12. The number of nitrogens with zero attached hydrogens (tertiary/aromatic N) is 3. The second kappa shape index (κ2) is 6.41. The molecule has 0 unspecified atom stereocenters. The van der Waals surface area contributed by atoms with Gasteiger partial charge in [-0.1, -0.05) is 12.1 Å². The van der Waals surface area contributed by atoms with Crippen LogP contribution in [0.15, 0.2) is 54.7 Å². The Balaban J connectivity index is 1.92. The van der Waals surface area contributed by atoms with Gasteiger partial charge in [-0.3, -0.25) is 9.67 Å². The fourth-order valence-corrected chi connectivity index (χ4v) is 2.95. The molecule has 6 nitrogen and oxygen atoms in total. The van der Waals surface area contributed by atoms with Crippen LogP contribution in [0, 0.1) is 0 Å². The van der Waals surface area contributed by atoms with E-state index in [9.17, 15) is 0 Å². The number of methoxy groups -OCH3 is 1. The third kappa shape index (κ3) is 2.77. The number of aromatic nitrogens is 4. The molecular weight excluding hydrogens is 316 g/mol. The molecule has 2 heterocycles. The zero-order chi connectivity index (χ0) is 17.2. The number of nitrogens with one attached hydrogen (secondary N) is 1. The van der Waals surface area contributed by atoms with Crippen LogP contribution in [-0.2, 0) is 6.42 Å². The van der Waals surface area contributed by atoms with Crippen LogP contribution in [0.5, 0.6) is 5.75 Å². The zero-order valence-electron chi connectivity index (χ0n) is 13.8. The number of aromatic amines is 1. The lowest BCUT2D eigenvalue weighted by atomic mass is 10.1. The van der Waals surface area contributed by atoms with Gasteiger partial charge in [0.2, 0.25) is 0 Å². The molecule has 4 aromatic rings. The van der Waals surface area contributed by atoms with E-state index >= 15 is 0 Å². The first-order valence-corrected chi connectivity index (χ1v) is 8.07. The Labute approximate surface area is 144 Å². The van der Waals surface area contributed by atoms with Crippen LogP contribution in [0.1, 0.15) is 5.56 Å². The van der Waals surface area contributed by atoms with Gasteiger partial charge >= 0.3 is 0 Å². The summed E-state index contributed by atoms with van der Waals surface area (Å²) in [5.74, 6) is 1.53. The van der Waals surface area contributed by atoms with E-state index in [0.29, 0.717) is 6.42 Å². The van der Waals surface area contributed by atoms with Crippen LogP contribution in [0.3, 0.4) is 0 Å². The Morgan fingerprint density at radius 1 is 1.12 bits per heavy atom. The fraction of sp³-hybridized carbons (Fsp3) is 0.158. The van der Waals surface area contributed by atoms with Crippen molar-refractivity contribution in [2.24, 2.45) is 0 Å². The van der Waals surface area contributed by atoms with Crippen LogP contribution in [0.4, 0.5) is 0 Å². The van der Waals surface area contributed by atoms with Gasteiger partial charge in [0, 0.05) is 24.6 Å². The van der Waals surface area contributed by atoms with Crippen LogP contribution < -0.4 is 4.74 Å². The van der Waals surface area contributed by atoms with E-state index in [1.807, 2.05) is 48.5 Å². The highest BCUT2D eigenvalue weighted by molar-refractivity contribution is 5.83. The van der Waals surface area contributed by atoms with Crippen LogP contribution in [0.25, 0.3) is 28.2 Å². The summed E-state index contributed by atoms with van der Waals surface area (Å²) in [5, 5.41) is 16.2. The highest BCUT2D eigenvalue weighted by Gasteiger charge is 2.16. The Morgan fingerprint density at radius 3 is 2.64 bits per heavy atom. The molecule has 0 bridgehead atoms. The number of H-pyrrole nitrogens is 1. The molecule has 0 fully saturated rings. The molecule has 0 aliphatic rings. The predicted molar refractivity (Wildman–Crippen MR) is 96.0 cm³/mol. The molecule has 25 heavy (non-hydrogen) atoms. The highest BCUT2D eigenvalue weighted by Crippen LogP contribution is 2.29. The number of hydrogen-bond acceptors (Lipinski definition) is 4. The number of rotatable bonds is 5. The van der Waals surface area contributed by atoms with Crippen molar-refractivity contribution in [1.29, 1.82) is 0 Å². The van der Waals surface area contributed by atoms with E-state index in [1.165, 1.54) is 0 Å². The van der Waals surface area contributed by atoms with E-state index in [-0.39, 0.29) is 6.61 Å². The molecule has 126 valence electrons. The minimum absolute atomic E-state index is 0.145. The van der Waals surface area contributed by atoms with Gasteiger partial charge in [0.05, 0.1) is 18.1 Å². The van der Waals surface area contributed by atoms with Gasteiger partial charge < -0.3 is 9.84 Å². The lowest BCUT2D eigenvalue weighted by Gasteiger charge is -2.09. The number of aliphatic hydroxyl groups excluding tert-OH is 1. The second-order valence-corrected chi connectivity index (χ2v) is 5.72. The lowest BCUT2D eigenvalue weighted by molar-refractivity contribution is 0.299. The van der Waals surface area contributed by atoms with Gasteiger partial charge in [0.25, 0.3) is 0 Å². The molecule has 0 aliphatic carbocycles. The normalized spacial score (nSPS) is 11.1. The zero-order valence-corrected chi connectivity index (χ0v) is 13.8. The van der Waals surface area contributed by atoms with Crippen molar-refractivity contribution in [3.8, 4) is 23.0 Å². The van der Waals surface area contributed by atoms with Gasteiger partial charge in [-0.25, -0.2) is 4.98 Å². The average molecular weight is 334 g/mol. The second-order valence-electron chi connectivity index (χ2n) is 5.72. The van der Waals surface area contributed by atoms with E-state index in [0.717, 1.165) is 39.6 Å². The van der Waals surface area contributed by atoms with Gasteiger partial charge in [-0.15, -0.1) is 0 Å². The van der Waals surface area contributed by atoms with E-state index in [1.54, 1.807) is 13.3 Å². The number of fused-ring (bicyclic) bond motifs is 1. The molecule has 0 atom stereocenters. The largest absolute Gasteiger partial charge is 0.497 e. The quantitative estimate of drug-likeness (QED) is 0.588. The molecule has 0 radical (unpaired) electrons. The first-order chi connectivity index (χ1) is 12.3. The molecule has 2 aromatic heterocycles. The minimum atomic E-state index is 0.145. The molecule has 4 rings (SSSR count). The molecule has 0 spiro atoms. The standard InChI is InChI=1S/C19H18N4O2/c1-25-15-6-7-18-17(12-15)21-19(16-8-10-20-22-16)23(18)14-4-2-13(3-5-14)9-11-24/h2-8,10,12,24H,9,11H2,1H3,(H,20,22). The Morgan fingerprint density at radius 2 is 1.96 bits per heavy atom. The van der Waals surface area contributed by atoms with E-state index < -0.39 is 0 Å². The molecule has 6 heteroatoms. The van der Waals surface area contributed by atoms with Crippen molar-refractivity contribution < 1.29 is 9.84 Å². The maximum atomic E-state index is 9.09. The number of aliphatic hydroxyl groups is 1. The summed E-state index contributed by atoms with van der Waals surface area (Å²) in [6.07, 6.45) is 2.43.